The monoisotopic (exact) mass is 522 g/mol. The summed E-state index contributed by atoms with van der Waals surface area (Å²) < 4.78 is 0. The molecule has 0 spiro atoms. The minimum absolute atomic E-state index is 0.236. The maximum atomic E-state index is 4.05. The van der Waals surface area contributed by atoms with Gasteiger partial charge in [-0.2, -0.15) is 0 Å². The van der Waals surface area contributed by atoms with E-state index in [1.54, 1.807) is 0 Å². The summed E-state index contributed by atoms with van der Waals surface area (Å²) in [5.41, 5.74) is 6.90. The second kappa shape index (κ2) is 12.9. The largest absolute Gasteiger partial charge is 0.309 e. The van der Waals surface area contributed by atoms with Gasteiger partial charge in [0.25, 0.3) is 0 Å². The summed E-state index contributed by atoms with van der Waals surface area (Å²) in [6.07, 6.45) is 2.08. The standard InChI is InChI=1S/C38H38N2/c1-6-16-30(17-7-1)26-27-40-36(32-20-10-3-11-21-32)28-35(39-29-31-18-8-2-9-19-31)37(33-22-12-4-13-23-33)38(40)34-24-14-5-15-25-34/h1-25,35-39H,26-29H2/t35-,36+,37-,38-/m1/s1. The molecule has 1 fully saturated rings. The normalized spacial score (nSPS) is 21.2. The first-order valence-corrected chi connectivity index (χ1v) is 14.6. The molecule has 1 aliphatic rings. The van der Waals surface area contributed by atoms with Crippen molar-refractivity contribution in [1.82, 2.24) is 10.2 Å². The molecule has 0 radical (unpaired) electrons. The minimum atomic E-state index is 0.236. The third kappa shape index (κ3) is 6.09. The van der Waals surface area contributed by atoms with Crippen LogP contribution in [0.4, 0.5) is 0 Å². The van der Waals surface area contributed by atoms with Gasteiger partial charge in [0.1, 0.15) is 0 Å². The molecule has 0 aliphatic carbocycles. The zero-order valence-corrected chi connectivity index (χ0v) is 23.0. The topological polar surface area (TPSA) is 15.3 Å². The molecule has 5 aromatic carbocycles. The van der Waals surface area contributed by atoms with Crippen LogP contribution in [0, 0.1) is 0 Å². The van der Waals surface area contributed by atoms with Crippen LogP contribution in [0.5, 0.6) is 0 Å². The Kier molecular flexibility index (Phi) is 8.48. The summed E-state index contributed by atoms with van der Waals surface area (Å²) in [5.74, 6) is 0.308. The van der Waals surface area contributed by atoms with Crippen molar-refractivity contribution in [3.8, 4) is 0 Å². The third-order valence-electron chi connectivity index (χ3n) is 8.43. The zero-order chi connectivity index (χ0) is 27.0. The highest BCUT2D eigenvalue weighted by Crippen LogP contribution is 2.49. The van der Waals surface area contributed by atoms with Crippen LogP contribution in [0.15, 0.2) is 152 Å². The molecule has 4 atom stereocenters. The first kappa shape index (κ1) is 26.3. The predicted octanol–water partition coefficient (Wildman–Crippen LogP) is 8.36. The van der Waals surface area contributed by atoms with Gasteiger partial charge in [0, 0.05) is 37.1 Å². The lowest BCUT2D eigenvalue weighted by Gasteiger charge is -2.51. The van der Waals surface area contributed by atoms with Crippen LogP contribution in [0.1, 0.15) is 52.2 Å². The van der Waals surface area contributed by atoms with Crippen molar-refractivity contribution in [1.29, 1.82) is 0 Å². The number of nitrogens with one attached hydrogen (secondary N) is 1. The first-order valence-electron chi connectivity index (χ1n) is 14.6. The summed E-state index contributed by atoms with van der Waals surface area (Å²) in [6.45, 7) is 1.86. The molecule has 0 saturated carbocycles. The minimum Gasteiger partial charge on any atom is -0.309 e. The number of benzene rings is 5. The Morgan fingerprint density at radius 2 is 1.00 bits per heavy atom. The molecule has 40 heavy (non-hydrogen) atoms. The SMILES string of the molecule is c1ccc(CCN2[C@H](c3ccccc3)[C@H](c3ccccc3)[C@H](NCc3ccccc3)C[C@H]2c2ccccc2)cc1. The smallest absolute Gasteiger partial charge is 0.0437 e. The number of likely N-dealkylation sites (tertiary alicyclic amines) is 1. The Hall–Kier alpha value is -3.98. The van der Waals surface area contributed by atoms with Crippen LogP contribution in [-0.2, 0) is 13.0 Å². The Morgan fingerprint density at radius 3 is 1.57 bits per heavy atom. The summed E-state index contributed by atoms with van der Waals surface area (Å²) in [5, 5.41) is 4.05. The average molecular weight is 523 g/mol. The van der Waals surface area contributed by atoms with Gasteiger partial charge in [-0.05, 0) is 40.7 Å². The number of nitrogens with zero attached hydrogens (tertiary/aromatic N) is 1. The highest BCUT2D eigenvalue weighted by atomic mass is 15.2. The van der Waals surface area contributed by atoms with E-state index in [1.165, 1.54) is 27.8 Å². The lowest BCUT2D eigenvalue weighted by molar-refractivity contribution is 0.0429. The summed E-state index contributed by atoms with van der Waals surface area (Å²) >= 11 is 0. The predicted molar refractivity (Wildman–Crippen MR) is 166 cm³/mol. The Morgan fingerprint density at radius 1 is 0.525 bits per heavy atom. The summed E-state index contributed by atoms with van der Waals surface area (Å²) in [4.78, 5) is 2.80. The fourth-order valence-corrected chi connectivity index (χ4v) is 6.54. The van der Waals surface area contributed by atoms with Gasteiger partial charge in [-0.25, -0.2) is 0 Å². The first-order chi connectivity index (χ1) is 19.9. The van der Waals surface area contributed by atoms with Crippen LogP contribution >= 0.6 is 0 Å². The molecule has 1 aliphatic heterocycles. The molecule has 1 N–H and O–H groups in total. The Bertz CT molecular complexity index is 1420. The van der Waals surface area contributed by atoms with Gasteiger partial charge in [0.2, 0.25) is 0 Å². The van der Waals surface area contributed by atoms with Crippen molar-refractivity contribution in [2.45, 2.75) is 43.4 Å². The van der Waals surface area contributed by atoms with Crippen molar-refractivity contribution in [3.63, 3.8) is 0 Å². The molecule has 1 saturated heterocycles. The van der Waals surface area contributed by atoms with E-state index >= 15 is 0 Å². The van der Waals surface area contributed by atoms with Crippen molar-refractivity contribution in [3.05, 3.63) is 179 Å². The van der Waals surface area contributed by atoms with Crippen LogP contribution < -0.4 is 5.32 Å². The molecule has 2 nitrogen and oxygen atoms in total. The number of piperidine rings is 1. The lowest BCUT2D eigenvalue weighted by atomic mass is 9.73. The maximum Gasteiger partial charge on any atom is 0.0437 e. The highest BCUT2D eigenvalue weighted by Gasteiger charge is 2.44. The van der Waals surface area contributed by atoms with E-state index in [2.05, 4.69) is 162 Å². The van der Waals surface area contributed by atoms with E-state index in [9.17, 15) is 0 Å². The lowest BCUT2D eigenvalue weighted by Crippen LogP contribution is -2.51. The van der Waals surface area contributed by atoms with E-state index < -0.39 is 0 Å². The molecule has 0 aromatic heterocycles. The maximum absolute atomic E-state index is 4.05. The van der Waals surface area contributed by atoms with Crippen molar-refractivity contribution in [2.75, 3.05) is 6.54 Å². The van der Waals surface area contributed by atoms with Gasteiger partial charge in [-0.3, -0.25) is 4.90 Å². The van der Waals surface area contributed by atoms with Crippen molar-refractivity contribution < 1.29 is 0 Å². The zero-order valence-electron chi connectivity index (χ0n) is 23.0. The molecule has 200 valence electrons. The average Bonchev–Trinajstić information content (AvgIpc) is 3.04. The quantitative estimate of drug-likeness (QED) is 0.209. The molecule has 0 amide bonds. The Balaban J connectivity index is 1.44. The van der Waals surface area contributed by atoms with Crippen LogP contribution in [0.2, 0.25) is 0 Å². The summed E-state index contributed by atoms with van der Waals surface area (Å²) in [7, 11) is 0. The molecule has 0 bridgehead atoms. The molecule has 1 heterocycles. The molecular weight excluding hydrogens is 484 g/mol. The van der Waals surface area contributed by atoms with E-state index in [0.29, 0.717) is 18.0 Å². The fourth-order valence-electron chi connectivity index (χ4n) is 6.54. The second-order valence-corrected chi connectivity index (χ2v) is 10.9. The van der Waals surface area contributed by atoms with Gasteiger partial charge in [-0.15, -0.1) is 0 Å². The van der Waals surface area contributed by atoms with E-state index in [0.717, 1.165) is 25.9 Å². The van der Waals surface area contributed by atoms with Crippen molar-refractivity contribution >= 4 is 0 Å². The van der Waals surface area contributed by atoms with Gasteiger partial charge < -0.3 is 5.32 Å². The van der Waals surface area contributed by atoms with Crippen LogP contribution in [0.25, 0.3) is 0 Å². The Labute approximate surface area is 239 Å². The molecular formula is C38H38N2. The van der Waals surface area contributed by atoms with Crippen LogP contribution in [0.3, 0.4) is 0 Å². The molecule has 0 unspecified atom stereocenters. The van der Waals surface area contributed by atoms with Gasteiger partial charge in [-0.1, -0.05) is 152 Å². The molecule has 2 heteroatoms. The second-order valence-electron chi connectivity index (χ2n) is 10.9. The number of hydrogen-bond donors (Lipinski definition) is 1. The highest BCUT2D eigenvalue weighted by molar-refractivity contribution is 5.34. The van der Waals surface area contributed by atoms with Gasteiger partial charge in [0.15, 0.2) is 0 Å². The van der Waals surface area contributed by atoms with E-state index in [4.69, 9.17) is 0 Å². The van der Waals surface area contributed by atoms with Gasteiger partial charge >= 0.3 is 0 Å². The fraction of sp³-hybridized carbons (Fsp3) is 0.211. The number of rotatable bonds is 9. The van der Waals surface area contributed by atoms with E-state index in [1.807, 2.05) is 0 Å². The van der Waals surface area contributed by atoms with E-state index in [-0.39, 0.29) is 6.04 Å². The molecule has 6 rings (SSSR count). The number of hydrogen-bond acceptors (Lipinski definition) is 2. The van der Waals surface area contributed by atoms with Crippen LogP contribution in [-0.4, -0.2) is 17.5 Å². The molecule has 5 aromatic rings. The van der Waals surface area contributed by atoms with Gasteiger partial charge in [0.05, 0.1) is 0 Å². The van der Waals surface area contributed by atoms with Crippen molar-refractivity contribution in [2.24, 2.45) is 0 Å². The third-order valence-corrected chi connectivity index (χ3v) is 8.43. The summed E-state index contributed by atoms with van der Waals surface area (Å²) in [6, 6.07) is 56.2.